The Morgan fingerprint density at radius 1 is 1.26 bits per heavy atom. The average molecular weight is 258 g/mol. The molecule has 0 bridgehead atoms. The van der Waals surface area contributed by atoms with Crippen molar-refractivity contribution >= 4 is 0 Å². The average Bonchev–Trinajstić information content (AvgIpc) is 2.93. The Morgan fingerprint density at radius 3 is 2.68 bits per heavy atom. The molecule has 4 heteroatoms. The Morgan fingerprint density at radius 2 is 2.05 bits per heavy atom. The van der Waals surface area contributed by atoms with Crippen molar-refractivity contribution in [2.45, 2.75) is 39.3 Å². The molecule has 2 rings (SSSR count). The number of hydrogen-bond donors (Lipinski definition) is 1. The van der Waals surface area contributed by atoms with Crippen molar-refractivity contribution in [2.24, 2.45) is 0 Å². The molecule has 19 heavy (non-hydrogen) atoms. The fourth-order valence-electron chi connectivity index (χ4n) is 2.13. The highest BCUT2D eigenvalue weighted by Gasteiger charge is 2.04. The van der Waals surface area contributed by atoms with Crippen molar-refractivity contribution < 1.29 is 0 Å². The number of aromatic nitrogens is 3. The van der Waals surface area contributed by atoms with E-state index in [1.54, 1.807) is 6.20 Å². The molecule has 2 aromatic rings. The van der Waals surface area contributed by atoms with Crippen molar-refractivity contribution in [1.29, 1.82) is 0 Å². The van der Waals surface area contributed by atoms with E-state index in [1.165, 1.54) is 17.5 Å². The molecule has 4 nitrogen and oxygen atoms in total. The van der Waals surface area contributed by atoms with Crippen LogP contribution in [0.4, 0.5) is 0 Å². The van der Waals surface area contributed by atoms with Gasteiger partial charge < -0.3 is 5.32 Å². The van der Waals surface area contributed by atoms with Crippen molar-refractivity contribution in [3.05, 3.63) is 47.8 Å². The quantitative estimate of drug-likeness (QED) is 0.830. The van der Waals surface area contributed by atoms with E-state index >= 15 is 0 Å². The Kier molecular flexibility index (Phi) is 5.10. The molecule has 0 aliphatic carbocycles. The van der Waals surface area contributed by atoms with Crippen molar-refractivity contribution in [2.75, 3.05) is 6.54 Å². The fourth-order valence-corrected chi connectivity index (χ4v) is 2.13. The van der Waals surface area contributed by atoms with E-state index in [4.69, 9.17) is 0 Å². The summed E-state index contributed by atoms with van der Waals surface area (Å²) in [5.41, 5.74) is 2.75. The molecule has 0 aliphatic rings. The molecule has 1 N–H and O–H groups in total. The highest BCUT2D eigenvalue weighted by Crippen LogP contribution is 2.14. The molecule has 0 saturated carbocycles. The third-order valence-electron chi connectivity index (χ3n) is 3.28. The topological polar surface area (TPSA) is 42.7 Å². The fraction of sp³-hybridized carbons (Fsp3) is 0.467. The number of nitrogens with zero attached hydrogens (tertiary/aromatic N) is 3. The second kappa shape index (κ2) is 7.04. The molecule has 0 amide bonds. The van der Waals surface area contributed by atoms with Crippen LogP contribution in [0.1, 0.15) is 37.4 Å². The summed E-state index contributed by atoms with van der Waals surface area (Å²) in [4.78, 5) is 0. The van der Waals surface area contributed by atoms with Crippen LogP contribution in [-0.2, 0) is 13.0 Å². The van der Waals surface area contributed by atoms with Gasteiger partial charge in [0, 0.05) is 18.8 Å². The van der Waals surface area contributed by atoms with Gasteiger partial charge in [-0.25, -0.2) is 0 Å². The van der Waals surface area contributed by atoms with Gasteiger partial charge in [0.2, 0.25) is 0 Å². The molecule has 0 radical (unpaired) electrons. The lowest BCUT2D eigenvalue weighted by Gasteiger charge is -2.14. The smallest absolute Gasteiger partial charge is 0.0692 e. The zero-order valence-corrected chi connectivity index (χ0v) is 11.7. The zero-order valence-electron chi connectivity index (χ0n) is 11.7. The minimum Gasteiger partial charge on any atom is -0.308 e. The maximum atomic E-state index is 3.94. The number of benzene rings is 1. The van der Waals surface area contributed by atoms with Crippen LogP contribution in [0, 0.1) is 0 Å². The number of aryl methyl sites for hydroxylation is 1. The molecular weight excluding hydrogens is 236 g/mol. The number of nitrogens with one attached hydrogen (secondary N) is 1. The van der Waals surface area contributed by atoms with E-state index in [0.29, 0.717) is 6.04 Å². The third-order valence-corrected chi connectivity index (χ3v) is 3.28. The summed E-state index contributed by atoms with van der Waals surface area (Å²) >= 11 is 0. The molecule has 1 heterocycles. The molecule has 1 aromatic heterocycles. The zero-order chi connectivity index (χ0) is 13.5. The Hall–Kier alpha value is -1.68. The van der Waals surface area contributed by atoms with Gasteiger partial charge in [0.15, 0.2) is 0 Å². The Balaban J connectivity index is 1.80. The summed E-state index contributed by atoms with van der Waals surface area (Å²) in [5.74, 6) is 0. The summed E-state index contributed by atoms with van der Waals surface area (Å²) in [6.45, 7) is 6.14. The predicted molar refractivity (Wildman–Crippen MR) is 76.9 cm³/mol. The summed E-state index contributed by atoms with van der Waals surface area (Å²) < 4.78 is 1.84. The Bertz CT molecular complexity index is 461. The maximum Gasteiger partial charge on any atom is 0.0692 e. The lowest BCUT2D eigenvalue weighted by molar-refractivity contribution is 0.499. The number of rotatable bonds is 7. The van der Waals surface area contributed by atoms with Gasteiger partial charge >= 0.3 is 0 Å². The van der Waals surface area contributed by atoms with Crippen LogP contribution in [0.5, 0.6) is 0 Å². The van der Waals surface area contributed by atoms with E-state index < -0.39 is 0 Å². The molecule has 0 saturated heterocycles. The normalized spacial score (nSPS) is 12.5. The van der Waals surface area contributed by atoms with Crippen LogP contribution in [0.3, 0.4) is 0 Å². The summed E-state index contributed by atoms with van der Waals surface area (Å²) in [5, 5.41) is 11.2. The molecule has 0 spiro atoms. The summed E-state index contributed by atoms with van der Waals surface area (Å²) in [7, 11) is 0. The highest BCUT2D eigenvalue weighted by molar-refractivity contribution is 5.24. The van der Waals surface area contributed by atoms with Crippen LogP contribution >= 0.6 is 0 Å². The second-order valence-electron chi connectivity index (χ2n) is 4.83. The van der Waals surface area contributed by atoms with E-state index in [2.05, 4.69) is 53.7 Å². The number of hydrogen-bond acceptors (Lipinski definition) is 3. The van der Waals surface area contributed by atoms with Crippen LogP contribution in [0.2, 0.25) is 0 Å². The largest absolute Gasteiger partial charge is 0.308 e. The molecule has 0 aliphatic heterocycles. The third kappa shape index (κ3) is 4.17. The SMILES string of the molecule is CCCc1ccc(C(C)NCCn2ccnn2)cc1. The van der Waals surface area contributed by atoms with Gasteiger partial charge in [0.1, 0.15) is 0 Å². The highest BCUT2D eigenvalue weighted by atomic mass is 15.4. The van der Waals surface area contributed by atoms with Crippen LogP contribution < -0.4 is 5.32 Å². The molecule has 0 fully saturated rings. The van der Waals surface area contributed by atoms with Crippen molar-refractivity contribution in [3.8, 4) is 0 Å². The van der Waals surface area contributed by atoms with Gasteiger partial charge in [-0.3, -0.25) is 4.68 Å². The second-order valence-corrected chi connectivity index (χ2v) is 4.83. The monoisotopic (exact) mass is 258 g/mol. The molecular formula is C15H22N4. The predicted octanol–water partition coefficient (Wildman–Crippen LogP) is 2.58. The van der Waals surface area contributed by atoms with Gasteiger partial charge in [-0.15, -0.1) is 5.10 Å². The van der Waals surface area contributed by atoms with Crippen LogP contribution in [-0.4, -0.2) is 21.5 Å². The van der Waals surface area contributed by atoms with Crippen LogP contribution in [0.15, 0.2) is 36.7 Å². The first kappa shape index (κ1) is 13.7. The molecule has 1 atom stereocenters. The standard InChI is InChI=1S/C15H22N4/c1-3-4-14-5-7-15(8-6-14)13(2)16-9-11-19-12-10-17-18-19/h5-8,10,12-13,16H,3-4,9,11H2,1-2H3. The van der Waals surface area contributed by atoms with E-state index in [9.17, 15) is 0 Å². The minimum atomic E-state index is 0.360. The Labute approximate surface area is 114 Å². The van der Waals surface area contributed by atoms with Gasteiger partial charge in [-0.05, 0) is 24.5 Å². The van der Waals surface area contributed by atoms with Gasteiger partial charge in [-0.1, -0.05) is 42.8 Å². The van der Waals surface area contributed by atoms with E-state index in [1.807, 2.05) is 10.9 Å². The summed E-state index contributed by atoms with van der Waals surface area (Å²) in [6, 6.07) is 9.26. The van der Waals surface area contributed by atoms with Crippen molar-refractivity contribution in [1.82, 2.24) is 20.3 Å². The lowest BCUT2D eigenvalue weighted by Crippen LogP contribution is -2.23. The van der Waals surface area contributed by atoms with Crippen LogP contribution in [0.25, 0.3) is 0 Å². The van der Waals surface area contributed by atoms with Gasteiger partial charge in [0.25, 0.3) is 0 Å². The lowest BCUT2D eigenvalue weighted by atomic mass is 10.0. The summed E-state index contributed by atoms with van der Waals surface area (Å²) in [6.07, 6.45) is 5.95. The molecule has 1 aromatic carbocycles. The molecule has 102 valence electrons. The molecule has 1 unspecified atom stereocenters. The first-order chi connectivity index (χ1) is 9.29. The van der Waals surface area contributed by atoms with E-state index in [0.717, 1.165) is 19.5 Å². The first-order valence-corrected chi connectivity index (χ1v) is 6.96. The first-order valence-electron chi connectivity index (χ1n) is 6.96. The van der Waals surface area contributed by atoms with E-state index in [-0.39, 0.29) is 0 Å². The van der Waals surface area contributed by atoms with Gasteiger partial charge in [0.05, 0.1) is 12.7 Å². The minimum absolute atomic E-state index is 0.360. The van der Waals surface area contributed by atoms with Crippen molar-refractivity contribution in [3.63, 3.8) is 0 Å². The van der Waals surface area contributed by atoms with Gasteiger partial charge in [-0.2, -0.15) is 0 Å². The maximum absolute atomic E-state index is 3.94.